The SMILES string of the molecule is COc1cc(OC)cc(OCC(=O)N(Cc2c(Cl)cccc2Cl)[C@@H](C)C(=O)NC2CCCC2)c1. The average molecular weight is 509 g/mol. The van der Waals surface area contributed by atoms with Gasteiger partial charge in [0.15, 0.2) is 6.61 Å². The van der Waals surface area contributed by atoms with Crippen LogP contribution < -0.4 is 19.5 Å². The Balaban J connectivity index is 1.79. The van der Waals surface area contributed by atoms with E-state index in [0.717, 1.165) is 25.7 Å². The van der Waals surface area contributed by atoms with Crippen LogP contribution >= 0.6 is 23.2 Å². The van der Waals surface area contributed by atoms with Crippen molar-refractivity contribution in [1.82, 2.24) is 10.2 Å². The summed E-state index contributed by atoms with van der Waals surface area (Å²) in [5.74, 6) is 0.873. The van der Waals surface area contributed by atoms with Crippen LogP contribution in [0.5, 0.6) is 17.2 Å². The lowest BCUT2D eigenvalue weighted by molar-refractivity contribution is -0.142. The number of amides is 2. The molecule has 0 heterocycles. The van der Waals surface area contributed by atoms with E-state index >= 15 is 0 Å². The minimum Gasteiger partial charge on any atom is -0.496 e. The predicted octanol–water partition coefficient (Wildman–Crippen LogP) is 4.87. The number of carbonyl (C=O) groups is 2. The summed E-state index contributed by atoms with van der Waals surface area (Å²) in [6.45, 7) is 1.47. The number of rotatable bonds is 10. The lowest BCUT2D eigenvalue weighted by atomic mass is 10.1. The van der Waals surface area contributed by atoms with Crippen molar-refractivity contribution in [1.29, 1.82) is 0 Å². The van der Waals surface area contributed by atoms with Crippen molar-refractivity contribution >= 4 is 35.0 Å². The maximum Gasteiger partial charge on any atom is 0.261 e. The Hall–Kier alpha value is -2.64. The van der Waals surface area contributed by atoms with E-state index in [4.69, 9.17) is 37.4 Å². The van der Waals surface area contributed by atoms with Crippen LogP contribution in [-0.2, 0) is 16.1 Å². The molecule has 184 valence electrons. The molecule has 0 radical (unpaired) electrons. The van der Waals surface area contributed by atoms with E-state index in [-0.39, 0.29) is 31.0 Å². The molecular weight excluding hydrogens is 479 g/mol. The largest absolute Gasteiger partial charge is 0.496 e. The van der Waals surface area contributed by atoms with E-state index in [9.17, 15) is 9.59 Å². The van der Waals surface area contributed by atoms with Gasteiger partial charge in [-0.05, 0) is 31.9 Å². The maximum absolute atomic E-state index is 13.3. The molecule has 0 saturated heterocycles. The minimum absolute atomic E-state index is 0.0708. The Labute approximate surface area is 210 Å². The van der Waals surface area contributed by atoms with Gasteiger partial charge in [-0.2, -0.15) is 0 Å². The van der Waals surface area contributed by atoms with Crippen LogP contribution in [0.1, 0.15) is 38.2 Å². The quantitative estimate of drug-likeness (QED) is 0.495. The van der Waals surface area contributed by atoms with Crippen molar-refractivity contribution in [3.63, 3.8) is 0 Å². The maximum atomic E-state index is 13.3. The van der Waals surface area contributed by atoms with Crippen molar-refractivity contribution in [2.75, 3.05) is 20.8 Å². The molecule has 3 rings (SSSR count). The average Bonchev–Trinajstić information content (AvgIpc) is 3.34. The number of carbonyl (C=O) groups excluding carboxylic acids is 2. The molecule has 0 unspecified atom stereocenters. The van der Waals surface area contributed by atoms with Crippen LogP contribution in [0.3, 0.4) is 0 Å². The standard InChI is InChI=1S/C25H30Cl2N2O5/c1-16(25(31)28-17-7-4-5-8-17)29(14-21-22(26)9-6-10-23(21)27)24(30)15-34-20-12-18(32-2)11-19(13-20)33-3/h6,9-13,16-17H,4-5,7-8,14-15H2,1-3H3,(H,28,31)/t16-/m0/s1. The van der Waals surface area contributed by atoms with Crippen molar-refractivity contribution in [3.8, 4) is 17.2 Å². The first-order chi connectivity index (χ1) is 16.3. The number of methoxy groups -OCH3 is 2. The number of halogens is 2. The second-order valence-corrected chi connectivity index (χ2v) is 9.04. The van der Waals surface area contributed by atoms with Gasteiger partial charge in [0.1, 0.15) is 23.3 Å². The highest BCUT2D eigenvalue weighted by atomic mass is 35.5. The Kier molecular flexibility index (Phi) is 9.30. The van der Waals surface area contributed by atoms with Gasteiger partial charge in [-0.1, -0.05) is 42.1 Å². The van der Waals surface area contributed by atoms with Crippen LogP contribution in [0.15, 0.2) is 36.4 Å². The van der Waals surface area contributed by atoms with Gasteiger partial charge in [0.2, 0.25) is 5.91 Å². The molecule has 2 aromatic rings. The molecule has 2 aromatic carbocycles. The first-order valence-electron chi connectivity index (χ1n) is 11.2. The van der Waals surface area contributed by atoms with Crippen molar-refractivity contribution < 1.29 is 23.8 Å². The second kappa shape index (κ2) is 12.2. The monoisotopic (exact) mass is 508 g/mol. The molecule has 1 aliphatic carbocycles. The normalized spacial score (nSPS) is 14.4. The topological polar surface area (TPSA) is 77.1 Å². The molecule has 1 fully saturated rings. The molecule has 0 spiro atoms. The van der Waals surface area contributed by atoms with Gasteiger partial charge >= 0.3 is 0 Å². The van der Waals surface area contributed by atoms with Crippen molar-refractivity contribution in [2.24, 2.45) is 0 Å². The first-order valence-corrected chi connectivity index (χ1v) is 12.0. The Morgan fingerprint density at radius 1 is 1.03 bits per heavy atom. The van der Waals surface area contributed by atoms with E-state index in [0.29, 0.717) is 32.9 Å². The number of hydrogen-bond donors (Lipinski definition) is 1. The molecule has 0 aliphatic heterocycles. The summed E-state index contributed by atoms with van der Waals surface area (Å²) in [5.41, 5.74) is 0.572. The lowest BCUT2D eigenvalue weighted by Gasteiger charge is -2.30. The summed E-state index contributed by atoms with van der Waals surface area (Å²) in [4.78, 5) is 27.7. The van der Waals surface area contributed by atoms with Gasteiger partial charge in [0.25, 0.3) is 5.91 Å². The molecule has 1 N–H and O–H groups in total. The number of benzene rings is 2. The fraction of sp³-hybridized carbons (Fsp3) is 0.440. The molecule has 1 aliphatic rings. The second-order valence-electron chi connectivity index (χ2n) is 8.22. The third-order valence-corrected chi connectivity index (χ3v) is 6.65. The number of nitrogens with one attached hydrogen (secondary N) is 1. The highest BCUT2D eigenvalue weighted by Crippen LogP contribution is 2.29. The van der Waals surface area contributed by atoms with E-state index in [1.54, 1.807) is 43.3 Å². The number of ether oxygens (including phenoxy) is 3. The van der Waals surface area contributed by atoms with Crippen LogP contribution in [0.4, 0.5) is 0 Å². The third kappa shape index (κ3) is 6.70. The van der Waals surface area contributed by atoms with E-state index in [2.05, 4.69) is 5.32 Å². The molecular formula is C25H30Cl2N2O5. The Bertz CT molecular complexity index is 968. The summed E-state index contributed by atoms with van der Waals surface area (Å²) in [6, 6.07) is 9.54. The van der Waals surface area contributed by atoms with Crippen LogP contribution in [0, 0.1) is 0 Å². The van der Waals surface area contributed by atoms with Gasteiger partial charge in [0.05, 0.1) is 14.2 Å². The summed E-state index contributed by atoms with van der Waals surface area (Å²) < 4.78 is 16.3. The summed E-state index contributed by atoms with van der Waals surface area (Å²) >= 11 is 12.7. The fourth-order valence-electron chi connectivity index (χ4n) is 3.92. The highest BCUT2D eigenvalue weighted by Gasteiger charge is 2.29. The molecule has 0 aromatic heterocycles. The van der Waals surface area contributed by atoms with Gasteiger partial charge in [-0.3, -0.25) is 9.59 Å². The lowest BCUT2D eigenvalue weighted by Crippen LogP contribution is -2.50. The molecule has 1 atom stereocenters. The van der Waals surface area contributed by atoms with Crippen molar-refractivity contribution in [2.45, 2.75) is 51.2 Å². The molecule has 7 nitrogen and oxygen atoms in total. The van der Waals surface area contributed by atoms with E-state index < -0.39 is 6.04 Å². The zero-order chi connectivity index (χ0) is 24.7. The van der Waals surface area contributed by atoms with Gasteiger partial charge in [-0.25, -0.2) is 0 Å². The zero-order valence-electron chi connectivity index (χ0n) is 19.6. The first kappa shape index (κ1) is 26.0. The number of hydrogen-bond acceptors (Lipinski definition) is 5. The molecule has 2 amide bonds. The summed E-state index contributed by atoms with van der Waals surface area (Å²) in [7, 11) is 3.06. The van der Waals surface area contributed by atoms with Gasteiger partial charge in [-0.15, -0.1) is 0 Å². The molecule has 0 bridgehead atoms. The minimum atomic E-state index is -0.746. The smallest absolute Gasteiger partial charge is 0.261 e. The third-order valence-electron chi connectivity index (χ3n) is 5.95. The fourth-order valence-corrected chi connectivity index (χ4v) is 4.44. The van der Waals surface area contributed by atoms with E-state index in [1.807, 2.05) is 0 Å². The van der Waals surface area contributed by atoms with Crippen molar-refractivity contribution in [3.05, 3.63) is 52.0 Å². The van der Waals surface area contributed by atoms with E-state index in [1.165, 1.54) is 19.1 Å². The van der Waals surface area contributed by atoms with Gasteiger partial charge < -0.3 is 24.4 Å². The summed E-state index contributed by atoms with van der Waals surface area (Å²) in [6.07, 6.45) is 4.08. The molecule has 9 heteroatoms. The Morgan fingerprint density at radius 3 is 2.15 bits per heavy atom. The number of nitrogens with zero attached hydrogens (tertiary/aromatic N) is 1. The molecule has 1 saturated carbocycles. The highest BCUT2D eigenvalue weighted by molar-refractivity contribution is 6.36. The van der Waals surface area contributed by atoms with Crippen LogP contribution in [0.25, 0.3) is 0 Å². The zero-order valence-corrected chi connectivity index (χ0v) is 21.1. The van der Waals surface area contributed by atoms with Crippen LogP contribution in [0.2, 0.25) is 10.0 Å². The predicted molar refractivity (Wildman–Crippen MR) is 132 cm³/mol. The van der Waals surface area contributed by atoms with Crippen LogP contribution in [-0.4, -0.2) is 49.6 Å². The molecule has 34 heavy (non-hydrogen) atoms. The van der Waals surface area contributed by atoms with Gasteiger partial charge in [0, 0.05) is 46.4 Å². The summed E-state index contributed by atoms with van der Waals surface area (Å²) in [5, 5.41) is 3.91. The Morgan fingerprint density at radius 2 is 1.59 bits per heavy atom.